The number of hydrogen-bond donors (Lipinski definition) is 1. The van der Waals surface area contributed by atoms with Crippen LogP contribution in [0.1, 0.15) is 30.3 Å². The Morgan fingerprint density at radius 3 is 2.76 bits per heavy atom. The van der Waals surface area contributed by atoms with Gasteiger partial charge in [0.25, 0.3) is 0 Å². The minimum absolute atomic E-state index is 0.00890. The number of amides is 1. The summed E-state index contributed by atoms with van der Waals surface area (Å²) in [7, 11) is 0. The van der Waals surface area contributed by atoms with Crippen LogP contribution in [0.15, 0.2) is 24.3 Å². The van der Waals surface area contributed by atoms with Crippen molar-refractivity contribution in [2.75, 3.05) is 19.7 Å². The maximum Gasteiger partial charge on any atom is 0.222 e. The molecule has 0 fully saturated rings. The van der Waals surface area contributed by atoms with E-state index in [9.17, 15) is 4.79 Å². The predicted octanol–water partition coefficient (Wildman–Crippen LogP) is 2.27. The van der Waals surface area contributed by atoms with Crippen LogP contribution in [0.4, 0.5) is 0 Å². The van der Waals surface area contributed by atoms with Crippen molar-refractivity contribution in [3.8, 4) is 0 Å². The second-order valence-electron chi connectivity index (χ2n) is 6.21. The monoisotopic (exact) mass is 340 g/mol. The summed E-state index contributed by atoms with van der Waals surface area (Å²) in [5.74, 6) is 0.0565. The molecule has 3 rings (SSSR count). The summed E-state index contributed by atoms with van der Waals surface area (Å²) in [6, 6.07) is 7.97. The van der Waals surface area contributed by atoms with Gasteiger partial charge in [0.15, 0.2) is 5.65 Å². The zero-order valence-electron chi connectivity index (χ0n) is 15.0. The number of carbonyl (C=O) groups is 1. The largest absolute Gasteiger partial charge is 0.395 e. The van der Waals surface area contributed by atoms with Crippen molar-refractivity contribution in [1.82, 2.24) is 19.5 Å². The summed E-state index contributed by atoms with van der Waals surface area (Å²) in [5, 5.41) is 14.8. The number of hydrogen-bond acceptors (Lipinski definition) is 4. The second-order valence-corrected chi connectivity index (χ2v) is 6.21. The van der Waals surface area contributed by atoms with E-state index < -0.39 is 0 Å². The van der Waals surface area contributed by atoms with Crippen molar-refractivity contribution in [2.45, 2.75) is 33.6 Å². The highest BCUT2D eigenvalue weighted by Crippen LogP contribution is 2.23. The molecule has 0 unspecified atom stereocenters. The van der Waals surface area contributed by atoms with Gasteiger partial charge in [-0.05, 0) is 44.9 Å². The van der Waals surface area contributed by atoms with Crippen molar-refractivity contribution in [3.05, 3.63) is 41.2 Å². The van der Waals surface area contributed by atoms with Crippen molar-refractivity contribution in [3.63, 3.8) is 0 Å². The molecular formula is C19H24N4O2. The standard InChI is InChI=1S/C19H24N4O2/c1-4-22(11-12-24)18(25)10-9-15-13(2)20-19-16-7-5-6-8-17(16)21-23(19)14(15)3/h5-8,24H,4,9-12H2,1-3H3. The van der Waals surface area contributed by atoms with Crippen molar-refractivity contribution >= 4 is 22.5 Å². The van der Waals surface area contributed by atoms with Crippen molar-refractivity contribution < 1.29 is 9.90 Å². The van der Waals surface area contributed by atoms with Crippen molar-refractivity contribution in [1.29, 1.82) is 0 Å². The molecule has 0 radical (unpaired) electrons. The first-order valence-electron chi connectivity index (χ1n) is 8.69. The molecule has 2 heterocycles. The maximum absolute atomic E-state index is 12.3. The highest BCUT2D eigenvalue weighted by atomic mass is 16.3. The van der Waals surface area contributed by atoms with Gasteiger partial charge in [-0.1, -0.05) is 12.1 Å². The first-order chi connectivity index (χ1) is 12.1. The van der Waals surface area contributed by atoms with E-state index in [0.29, 0.717) is 25.9 Å². The Kier molecular flexibility index (Phi) is 4.99. The molecule has 2 aromatic heterocycles. The number of fused-ring (bicyclic) bond motifs is 3. The van der Waals surface area contributed by atoms with E-state index in [2.05, 4.69) is 5.10 Å². The number of aryl methyl sites for hydroxylation is 2. The van der Waals surface area contributed by atoms with Crippen LogP contribution in [-0.4, -0.2) is 50.2 Å². The molecule has 0 aliphatic heterocycles. The molecule has 132 valence electrons. The first kappa shape index (κ1) is 17.4. The number of rotatable bonds is 6. The van der Waals surface area contributed by atoms with Gasteiger partial charge >= 0.3 is 0 Å². The smallest absolute Gasteiger partial charge is 0.222 e. The minimum atomic E-state index is -0.00890. The average Bonchev–Trinajstić information content (AvgIpc) is 2.98. The molecular weight excluding hydrogens is 316 g/mol. The maximum atomic E-state index is 12.3. The lowest BCUT2D eigenvalue weighted by molar-refractivity contribution is -0.131. The molecule has 1 aromatic carbocycles. The zero-order chi connectivity index (χ0) is 18.0. The molecule has 0 bridgehead atoms. The van der Waals surface area contributed by atoms with Gasteiger partial charge in [-0.25, -0.2) is 9.50 Å². The number of carbonyl (C=O) groups excluding carboxylic acids is 1. The van der Waals surface area contributed by atoms with E-state index in [0.717, 1.165) is 33.5 Å². The third-order valence-corrected chi connectivity index (χ3v) is 4.71. The molecule has 0 saturated carbocycles. The van der Waals surface area contributed by atoms with Gasteiger partial charge in [-0.15, -0.1) is 0 Å². The average molecular weight is 340 g/mol. The number of likely N-dealkylation sites (N-methyl/N-ethyl adjacent to an activating group) is 1. The lowest BCUT2D eigenvalue weighted by Gasteiger charge is -2.20. The van der Waals surface area contributed by atoms with Crippen LogP contribution in [-0.2, 0) is 11.2 Å². The van der Waals surface area contributed by atoms with Crippen LogP contribution in [0.5, 0.6) is 0 Å². The minimum Gasteiger partial charge on any atom is -0.395 e. The second kappa shape index (κ2) is 7.19. The normalized spacial score (nSPS) is 11.4. The van der Waals surface area contributed by atoms with E-state index in [1.807, 2.05) is 49.6 Å². The summed E-state index contributed by atoms with van der Waals surface area (Å²) in [5.41, 5.74) is 4.81. The van der Waals surface area contributed by atoms with Crippen LogP contribution in [0.25, 0.3) is 16.6 Å². The van der Waals surface area contributed by atoms with Gasteiger partial charge in [-0.3, -0.25) is 4.79 Å². The molecule has 3 aromatic rings. The molecule has 0 aliphatic rings. The summed E-state index contributed by atoms with van der Waals surface area (Å²) in [4.78, 5) is 18.8. The van der Waals surface area contributed by atoms with Gasteiger partial charge in [-0.2, -0.15) is 5.10 Å². The fourth-order valence-corrected chi connectivity index (χ4v) is 3.31. The number of nitrogens with zero attached hydrogens (tertiary/aromatic N) is 4. The van der Waals surface area contributed by atoms with Gasteiger partial charge in [0.2, 0.25) is 5.91 Å². The fourth-order valence-electron chi connectivity index (χ4n) is 3.31. The van der Waals surface area contributed by atoms with Crippen LogP contribution < -0.4 is 0 Å². The number of aromatic nitrogens is 3. The Balaban J connectivity index is 1.92. The Morgan fingerprint density at radius 1 is 1.28 bits per heavy atom. The van der Waals surface area contributed by atoms with Crippen LogP contribution >= 0.6 is 0 Å². The summed E-state index contributed by atoms with van der Waals surface area (Å²) in [6.07, 6.45) is 1.03. The van der Waals surface area contributed by atoms with E-state index in [-0.39, 0.29) is 12.5 Å². The van der Waals surface area contributed by atoms with E-state index >= 15 is 0 Å². The van der Waals surface area contributed by atoms with E-state index in [4.69, 9.17) is 10.1 Å². The summed E-state index contributed by atoms with van der Waals surface area (Å²) >= 11 is 0. The van der Waals surface area contributed by atoms with Gasteiger partial charge in [0.1, 0.15) is 0 Å². The Labute approximate surface area is 147 Å². The molecule has 1 amide bonds. The van der Waals surface area contributed by atoms with Crippen LogP contribution in [0.3, 0.4) is 0 Å². The van der Waals surface area contributed by atoms with E-state index in [1.165, 1.54) is 0 Å². The lowest BCUT2D eigenvalue weighted by Crippen LogP contribution is -2.33. The molecule has 0 spiro atoms. The quantitative estimate of drug-likeness (QED) is 0.747. The van der Waals surface area contributed by atoms with Crippen molar-refractivity contribution in [2.24, 2.45) is 0 Å². The molecule has 6 nitrogen and oxygen atoms in total. The molecule has 6 heteroatoms. The molecule has 0 atom stereocenters. The third-order valence-electron chi connectivity index (χ3n) is 4.71. The molecule has 0 aliphatic carbocycles. The zero-order valence-corrected chi connectivity index (χ0v) is 15.0. The highest BCUT2D eigenvalue weighted by Gasteiger charge is 2.16. The Morgan fingerprint density at radius 2 is 2.04 bits per heavy atom. The highest BCUT2D eigenvalue weighted by molar-refractivity contribution is 5.92. The number of aliphatic hydroxyl groups is 1. The van der Waals surface area contributed by atoms with Crippen LogP contribution in [0, 0.1) is 13.8 Å². The van der Waals surface area contributed by atoms with E-state index in [1.54, 1.807) is 4.90 Å². The van der Waals surface area contributed by atoms with Gasteiger partial charge in [0.05, 0.1) is 12.1 Å². The molecule has 1 N–H and O–H groups in total. The van der Waals surface area contributed by atoms with Crippen LogP contribution in [0.2, 0.25) is 0 Å². The Hall–Kier alpha value is -2.47. The third kappa shape index (κ3) is 3.22. The SMILES string of the molecule is CCN(CCO)C(=O)CCc1c(C)nc2c3ccccc3nn2c1C. The topological polar surface area (TPSA) is 70.7 Å². The summed E-state index contributed by atoms with van der Waals surface area (Å²) < 4.78 is 1.88. The first-order valence-corrected chi connectivity index (χ1v) is 8.69. The Bertz CT molecular complexity index is 917. The molecule has 25 heavy (non-hydrogen) atoms. The van der Waals surface area contributed by atoms with Gasteiger partial charge < -0.3 is 10.0 Å². The lowest BCUT2D eigenvalue weighted by atomic mass is 10.1. The predicted molar refractivity (Wildman–Crippen MR) is 97.6 cm³/mol. The fraction of sp³-hybridized carbons (Fsp3) is 0.421. The number of aliphatic hydroxyl groups excluding tert-OH is 1. The molecule has 0 saturated heterocycles. The number of benzene rings is 1. The summed E-state index contributed by atoms with van der Waals surface area (Å²) in [6.45, 7) is 6.92. The van der Waals surface area contributed by atoms with Gasteiger partial charge in [0, 0.05) is 36.3 Å².